The molecule has 0 N–H and O–H groups in total. The Morgan fingerprint density at radius 2 is 1.86 bits per heavy atom. The molecule has 1 aromatic rings. The molecule has 2 nitrogen and oxygen atoms in total. The van der Waals surface area contributed by atoms with Crippen LogP contribution >= 0.6 is 0 Å². The van der Waals surface area contributed by atoms with Gasteiger partial charge in [0.25, 0.3) is 0 Å². The van der Waals surface area contributed by atoms with Gasteiger partial charge in [0.05, 0.1) is 11.3 Å². The lowest BCUT2D eigenvalue weighted by atomic mass is 9.88. The first-order valence-corrected chi connectivity index (χ1v) is 7.07. The fraction of sp³-hybridized carbons (Fsp3) is 0.533. The van der Waals surface area contributed by atoms with E-state index in [2.05, 4.69) is 5.16 Å². The third-order valence-corrected chi connectivity index (χ3v) is 4.16. The summed E-state index contributed by atoms with van der Waals surface area (Å²) in [6, 6.07) is 3.04. The standard InChI is InChI=1S/C15H15F4NO/c16-12-7-6-9(8-11(12)15(17,18)19)14-10-4-2-1-3-5-13(10)21-20-14/h6-8,10,13H,1-5H2. The van der Waals surface area contributed by atoms with Gasteiger partial charge in [-0.05, 0) is 31.4 Å². The first-order chi connectivity index (χ1) is 9.97. The first kappa shape index (κ1) is 14.4. The Balaban J connectivity index is 1.94. The van der Waals surface area contributed by atoms with E-state index >= 15 is 0 Å². The molecule has 0 spiro atoms. The van der Waals surface area contributed by atoms with E-state index in [-0.39, 0.29) is 12.0 Å². The zero-order valence-electron chi connectivity index (χ0n) is 11.3. The monoisotopic (exact) mass is 301 g/mol. The lowest BCUT2D eigenvalue weighted by molar-refractivity contribution is -0.140. The normalized spacial score (nSPS) is 25.8. The molecular formula is C15H15F4NO. The van der Waals surface area contributed by atoms with Crippen molar-refractivity contribution in [2.75, 3.05) is 0 Å². The fourth-order valence-electron chi connectivity index (χ4n) is 3.07. The molecule has 6 heteroatoms. The molecule has 2 aliphatic rings. The molecule has 1 aliphatic heterocycles. The highest BCUT2D eigenvalue weighted by Crippen LogP contribution is 2.36. The Hall–Kier alpha value is -1.59. The number of benzene rings is 1. The van der Waals surface area contributed by atoms with E-state index in [0.29, 0.717) is 11.3 Å². The Morgan fingerprint density at radius 1 is 1.10 bits per heavy atom. The molecule has 1 fully saturated rings. The summed E-state index contributed by atoms with van der Waals surface area (Å²) in [7, 11) is 0. The molecule has 3 rings (SSSR count). The van der Waals surface area contributed by atoms with Crippen molar-refractivity contribution in [3.63, 3.8) is 0 Å². The molecule has 114 valence electrons. The summed E-state index contributed by atoms with van der Waals surface area (Å²) < 4.78 is 51.8. The molecule has 2 unspecified atom stereocenters. The van der Waals surface area contributed by atoms with Gasteiger partial charge in [0.1, 0.15) is 11.9 Å². The predicted molar refractivity (Wildman–Crippen MR) is 69.4 cm³/mol. The van der Waals surface area contributed by atoms with Crippen molar-refractivity contribution < 1.29 is 22.4 Å². The second-order valence-corrected chi connectivity index (χ2v) is 5.56. The number of hydrogen-bond acceptors (Lipinski definition) is 2. The number of nitrogens with zero attached hydrogens (tertiary/aromatic N) is 1. The molecule has 1 saturated carbocycles. The van der Waals surface area contributed by atoms with Crippen LogP contribution in [0.5, 0.6) is 0 Å². The van der Waals surface area contributed by atoms with Crippen LogP contribution in [0.2, 0.25) is 0 Å². The van der Waals surface area contributed by atoms with Crippen molar-refractivity contribution in [2.24, 2.45) is 11.1 Å². The fourth-order valence-corrected chi connectivity index (χ4v) is 3.07. The molecular weight excluding hydrogens is 286 g/mol. The molecule has 0 radical (unpaired) electrons. The van der Waals surface area contributed by atoms with Crippen LogP contribution < -0.4 is 0 Å². The van der Waals surface area contributed by atoms with E-state index in [1.165, 1.54) is 6.07 Å². The minimum atomic E-state index is -4.71. The number of rotatable bonds is 1. The summed E-state index contributed by atoms with van der Waals surface area (Å²) in [5, 5.41) is 3.97. The van der Waals surface area contributed by atoms with Gasteiger partial charge >= 0.3 is 6.18 Å². The minimum absolute atomic E-state index is 0.0130. The van der Waals surface area contributed by atoms with E-state index < -0.39 is 17.6 Å². The maximum absolute atomic E-state index is 13.4. The zero-order valence-corrected chi connectivity index (χ0v) is 11.3. The second kappa shape index (κ2) is 5.31. The van der Waals surface area contributed by atoms with Gasteiger partial charge in [-0.2, -0.15) is 13.2 Å². The average Bonchev–Trinajstić information content (AvgIpc) is 2.67. The average molecular weight is 301 g/mol. The third-order valence-electron chi connectivity index (χ3n) is 4.16. The highest BCUT2D eigenvalue weighted by molar-refractivity contribution is 6.03. The van der Waals surface area contributed by atoms with Crippen LogP contribution in [0.15, 0.2) is 23.4 Å². The van der Waals surface area contributed by atoms with E-state index in [0.717, 1.165) is 44.2 Å². The van der Waals surface area contributed by atoms with Gasteiger partial charge < -0.3 is 4.84 Å². The lowest BCUT2D eigenvalue weighted by Gasteiger charge is -2.16. The van der Waals surface area contributed by atoms with Crippen LogP contribution in [-0.2, 0) is 11.0 Å². The van der Waals surface area contributed by atoms with Crippen molar-refractivity contribution in [2.45, 2.75) is 44.4 Å². The number of hydrogen-bond donors (Lipinski definition) is 0. The van der Waals surface area contributed by atoms with Crippen molar-refractivity contribution in [1.29, 1.82) is 0 Å². The van der Waals surface area contributed by atoms with Gasteiger partial charge in [0.15, 0.2) is 0 Å². The Morgan fingerprint density at radius 3 is 2.62 bits per heavy atom. The SMILES string of the molecule is Fc1ccc(C2=NOC3CCCCCC23)cc1C(F)(F)F. The second-order valence-electron chi connectivity index (χ2n) is 5.56. The van der Waals surface area contributed by atoms with Gasteiger partial charge in [-0.15, -0.1) is 0 Å². The van der Waals surface area contributed by atoms with Crippen molar-refractivity contribution in [3.8, 4) is 0 Å². The van der Waals surface area contributed by atoms with Crippen molar-refractivity contribution >= 4 is 5.71 Å². The molecule has 1 aliphatic carbocycles. The molecule has 0 bridgehead atoms. The molecule has 1 heterocycles. The molecule has 0 saturated heterocycles. The number of fused-ring (bicyclic) bond motifs is 1. The maximum atomic E-state index is 13.4. The number of alkyl halides is 3. The van der Waals surface area contributed by atoms with Crippen LogP contribution in [0, 0.1) is 11.7 Å². The first-order valence-electron chi connectivity index (χ1n) is 7.07. The molecule has 1 aromatic carbocycles. The van der Waals surface area contributed by atoms with E-state index in [4.69, 9.17) is 4.84 Å². The van der Waals surface area contributed by atoms with Gasteiger partial charge in [0, 0.05) is 11.5 Å². The van der Waals surface area contributed by atoms with Crippen LogP contribution in [0.4, 0.5) is 17.6 Å². The molecule has 2 atom stereocenters. The zero-order chi connectivity index (χ0) is 15.0. The summed E-state index contributed by atoms with van der Waals surface area (Å²) in [4.78, 5) is 5.37. The van der Waals surface area contributed by atoms with E-state index in [9.17, 15) is 17.6 Å². The smallest absolute Gasteiger partial charge is 0.392 e. The Bertz CT molecular complexity index is 567. The largest absolute Gasteiger partial charge is 0.419 e. The predicted octanol–water partition coefficient (Wildman–Crippen LogP) is 4.53. The summed E-state index contributed by atoms with van der Waals surface area (Å²) in [6.45, 7) is 0. The minimum Gasteiger partial charge on any atom is -0.392 e. The Labute approximate surface area is 119 Å². The summed E-state index contributed by atoms with van der Waals surface area (Å²) in [5.41, 5.74) is -0.426. The van der Waals surface area contributed by atoms with E-state index in [1.807, 2.05) is 0 Å². The summed E-state index contributed by atoms with van der Waals surface area (Å²) in [5.74, 6) is -1.25. The van der Waals surface area contributed by atoms with Gasteiger partial charge in [0.2, 0.25) is 0 Å². The molecule has 0 amide bonds. The van der Waals surface area contributed by atoms with Crippen LogP contribution in [0.25, 0.3) is 0 Å². The Kier molecular flexibility index (Phi) is 3.63. The van der Waals surface area contributed by atoms with Crippen LogP contribution in [0.3, 0.4) is 0 Å². The highest BCUT2D eigenvalue weighted by atomic mass is 19.4. The van der Waals surface area contributed by atoms with Crippen LogP contribution in [-0.4, -0.2) is 11.8 Å². The molecule has 0 aromatic heterocycles. The topological polar surface area (TPSA) is 21.6 Å². The van der Waals surface area contributed by atoms with Gasteiger partial charge in [-0.1, -0.05) is 24.1 Å². The maximum Gasteiger partial charge on any atom is 0.419 e. The van der Waals surface area contributed by atoms with Crippen molar-refractivity contribution in [1.82, 2.24) is 0 Å². The number of oxime groups is 1. The van der Waals surface area contributed by atoms with Gasteiger partial charge in [-0.25, -0.2) is 4.39 Å². The highest BCUT2D eigenvalue weighted by Gasteiger charge is 2.38. The van der Waals surface area contributed by atoms with E-state index in [1.54, 1.807) is 0 Å². The van der Waals surface area contributed by atoms with Gasteiger partial charge in [-0.3, -0.25) is 0 Å². The molecule has 21 heavy (non-hydrogen) atoms. The quantitative estimate of drug-likeness (QED) is 0.698. The number of halogens is 4. The third kappa shape index (κ3) is 2.76. The lowest BCUT2D eigenvalue weighted by Crippen LogP contribution is -2.23. The van der Waals surface area contributed by atoms with Crippen molar-refractivity contribution in [3.05, 3.63) is 35.1 Å². The summed E-state index contributed by atoms with van der Waals surface area (Å²) >= 11 is 0. The van der Waals surface area contributed by atoms with Crippen LogP contribution in [0.1, 0.15) is 43.2 Å². The summed E-state index contributed by atoms with van der Waals surface area (Å²) in [6.07, 6.45) is 0.108.